The Morgan fingerprint density at radius 1 is 1.15 bits per heavy atom. The van der Waals surface area contributed by atoms with E-state index >= 15 is 0 Å². The van der Waals surface area contributed by atoms with Gasteiger partial charge in [0.15, 0.2) is 0 Å². The van der Waals surface area contributed by atoms with Gasteiger partial charge in [0.05, 0.1) is 28.3 Å². The standard InChI is InChI=1S/C24H26ClIN4O4/c25-17-5-3-15(4-6-17)20-28-29-21(34-20)18-2-1-7-30(18)23(32)33-19-16-9-13-8-14(10-16)12-24(19,11-13)22(31)27-26/h3-6,13-14,16,18-19H,1-2,7-12H2,(H,27,31). The molecular weight excluding hydrogens is 571 g/mol. The number of carbonyl (C=O) groups is 2. The Balaban J connectivity index is 1.22. The maximum Gasteiger partial charge on any atom is 0.410 e. The van der Waals surface area contributed by atoms with Gasteiger partial charge in [-0.3, -0.25) is 13.2 Å². The highest BCUT2D eigenvalue weighted by molar-refractivity contribution is 14.1. The van der Waals surface area contributed by atoms with Crippen LogP contribution in [0, 0.1) is 23.2 Å². The van der Waals surface area contributed by atoms with Gasteiger partial charge in [-0.25, -0.2) is 4.79 Å². The lowest BCUT2D eigenvalue weighted by atomic mass is 9.48. The van der Waals surface area contributed by atoms with Gasteiger partial charge in [-0.05, 0) is 87.0 Å². The third kappa shape index (κ3) is 3.70. The summed E-state index contributed by atoms with van der Waals surface area (Å²) in [6.45, 7) is 0.566. The van der Waals surface area contributed by atoms with Crippen molar-refractivity contribution in [2.45, 2.75) is 57.1 Å². The summed E-state index contributed by atoms with van der Waals surface area (Å²) in [4.78, 5) is 28.2. The number of likely N-dealkylation sites (tertiary alicyclic amines) is 1. The van der Waals surface area contributed by atoms with E-state index in [0.29, 0.717) is 35.2 Å². The fourth-order valence-electron chi connectivity index (χ4n) is 7.11. The van der Waals surface area contributed by atoms with Crippen molar-refractivity contribution in [3.05, 3.63) is 35.2 Å². The van der Waals surface area contributed by atoms with E-state index in [0.717, 1.165) is 44.1 Å². The number of benzene rings is 1. The summed E-state index contributed by atoms with van der Waals surface area (Å²) < 4.78 is 15.0. The number of rotatable bonds is 4. The molecule has 4 bridgehead atoms. The lowest BCUT2D eigenvalue weighted by Gasteiger charge is -2.59. The summed E-state index contributed by atoms with van der Waals surface area (Å²) in [6, 6.07) is 6.86. The van der Waals surface area contributed by atoms with Crippen molar-refractivity contribution in [3.63, 3.8) is 0 Å². The third-order valence-electron chi connectivity index (χ3n) is 8.29. The van der Waals surface area contributed by atoms with Crippen LogP contribution < -0.4 is 3.53 Å². The Bertz CT molecular complexity index is 1090. The molecule has 2 heterocycles. The molecule has 2 aromatic rings. The fraction of sp³-hybridized carbons (Fsp3) is 0.583. The molecule has 5 fully saturated rings. The monoisotopic (exact) mass is 596 g/mol. The van der Waals surface area contributed by atoms with Crippen molar-refractivity contribution in [2.75, 3.05) is 6.54 Å². The Hall–Kier alpha value is -1.88. The number of carbonyl (C=O) groups excluding carboxylic acids is 2. The van der Waals surface area contributed by atoms with Gasteiger partial charge < -0.3 is 9.15 Å². The summed E-state index contributed by atoms with van der Waals surface area (Å²) in [6.07, 6.45) is 5.71. The first-order valence-electron chi connectivity index (χ1n) is 11.9. The van der Waals surface area contributed by atoms with Gasteiger partial charge in [0.25, 0.3) is 0 Å². The molecule has 2 amide bonds. The fourth-order valence-corrected chi connectivity index (χ4v) is 7.77. The summed E-state index contributed by atoms with van der Waals surface area (Å²) in [5, 5.41) is 9.05. The molecule has 1 aromatic carbocycles. The lowest BCUT2D eigenvalue weighted by Crippen LogP contribution is -2.62. The van der Waals surface area contributed by atoms with Crippen molar-refractivity contribution in [1.82, 2.24) is 18.6 Å². The maximum atomic E-state index is 13.5. The normalized spacial score (nSPS) is 33.8. The van der Waals surface area contributed by atoms with Crippen LogP contribution in [-0.2, 0) is 9.53 Å². The number of amides is 2. The van der Waals surface area contributed by atoms with Crippen molar-refractivity contribution in [1.29, 1.82) is 0 Å². The second-order valence-corrected chi connectivity index (χ2v) is 11.3. The number of aromatic nitrogens is 2. The minimum absolute atomic E-state index is 0.00693. The van der Waals surface area contributed by atoms with Crippen LogP contribution in [-0.4, -0.2) is 39.7 Å². The van der Waals surface area contributed by atoms with Gasteiger partial charge in [0, 0.05) is 17.1 Å². The first kappa shape index (κ1) is 22.6. The lowest BCUT2D eigenvalue weighted by molar-refractivity contribution is -0.176. The summed E-state index contributed by atoms with van der Waals surface area (Å²) in [5.41, 5.74) is 0.170. The minimum Gasteiger partial charge on any atom is -0.445 e. The van der Waals surface area contributed by atoms with Crippen molar-refractivity contribution in [3.8, 4) is 11.5 Å². The van der Waals surface area contributed by atoms with Crippen LogP contribution in [0.5, 0.6) is 0 Å². The zero-order valence-corrected chi connectivity index (χ0v) is 21.5. The van der Waals surface area contributed by atoms with E-state index in [-0.39, 0.29) is 30.1 Å². The zero-order chi connectivity index (χ0) is 23.4. The summed E-state index contributed by atoms with van der Waals surface area (Å²) >= 11 is 7.89. The molecule has 5 aliphatic rings. The molecular formula is C24H26ClIN4O4. The SMILES string of the molecule is O=C(OC1C2CC3CC(C2)CC1(C(=O)NI)C3)N1CCCC1c1nnc(-c2ccc(Cl)cc2)o1. The molecule has 8 nitrogen and oxygen atoms in total. The van der Waals surface area contributed by atoms with E-state index in [2.05, 4.69) is 13.7 Å². The Kier molecular flexibility index (Phi) is 5.75. The van der Waals surface area contributed by atoms with Crippen LogP contribution in [0.25, 0.3) is 11.5 Å². The van der Waals surface area contributed by atoms with Crippen molar-refractivity contribution >= 4 is 46.5 Å². The molecule has 1 saturated heterocycles. The van der Waals surface area contributed by atoms with E-state index in [1.165, 1.54) is 6.42 Å². The molecule has 4 aliphatic carbocycles. The second kappa shape index (κ2) is 8.65. The molecule has 0 spiro atoms. The van der Waals surface area contributed by atoms with E-state index in [1.807, 2.05) is 35.0 Å². The van der Waals surface area contributed by atoms with Crippen LogP contribution in [0.4, 0.5) is 4.79 Å². The average molecular weight is 597 g/mol. The molecule has 0 radical (unpaired) electrons. The molecule has 1 aliphatic heterocycles. The second-order valence-electron chi connectivity index (χ2n) is 10.3. The van der Waals surface area contributed by atoms with Crippen LogP contribution >= 0.6 is 34.5 Å². The largest absolute Gasteiger partial charge is 0.445 e. The van der Waals surface area contributed by atoms with Crippen LogP contribution in [0.1, 0.15) is 56.9 Å². The smallest absolute Gasteiger partial charge is 0.410 e. The highest BCUT2D eigenvalue weighted by Crippen LogP contribution is 2.61. The van der Waals surface area contributed by atoms with Crippen LogP contribution in [0.3, 0.4) is 0 Å². The number of hydrogen-bond acceptors (Lipinski definition) is 6. The number of ether oxygens (including phenoxy) is 1. The Morgan fingerprint density at radius 2 is 1.88 bits per heavy atom. The molecule has 4 saturated carbocycles. The third-order valence-corrected chi connectivity index (χ3v) is 9.03. The van der Waals surface area contributed by atoms with Gasteiger partial charge in [-0.2, -0.15) is 0 Å². The molecule has 180 valence electrons. The van der Waals surface area contributed by atoms with E-state index in [1.54, 1.807) is 17.0 Å². The Labute approximate surface area is 216 Å². The first-order valence-corrected chi connectivity index (χ1v) is 13.4. The summed E-state index contributed by atoms with van der Waals surface area (Å²) in [7, 11) is 0. The molecule has 4 unspecified atom stereocenters. The van der Waals surface area contributed by atoms with E-state index in [4.69, 9.17) is 20.8 Å². The zero-order valence-electron chi connectivity index (χ0n) is 18.6. The van der Waals surface area contributed by atoms with Crippen LogP contribution in [0.15, 0.2) is 28.7 Å². The van der Waals surface area contributed by atoms with Crippen molar-refractivity contribution < 1.29 is 18.7 Å². The Morgan fingerprint density at radius 3 is 2.59 bits per heavy atom. The molecule has 10 heteroatoms. The van der Waals surface area contributed by atoms with Crippen molar-refractivity contribution in [2.24, 2.45) is 23.2 Å². The molecule has 7 rings (SSSR count). The van der Waals surface area contributed by atoms with E-state index in [9.17, 15) is 9.59 Å². The van der Waals surface area contributed by atoms with Gasteiger partial charge in [-0.15, -0.1) is 10.2 Å². The number of hydrogen-bond donors (Lipinski definition) is 1. The molecule has 4 atom stereocenters. The maximum absolute atomic E-state index is 13.5. The number of nitrogens with zero attached hydrogens (tertiary/aromatic N) is 3. The van der Waals surface area contributed by atoms with Gasteiger partial charge in [0.1, 0.15) is 12.1 Å². The highest BCUT2D eigenvalue weighted by atomic mass is 127. The van der Waals surface area contributed by atoms with Gasteiger partial charge in [0.2, 0.25) is 17.7 Å². The predicted molar refractivity (Wildman–Crippen MR) is 132 cm³/mol. The highest BCUT2D eigenvalue weighted by Gasteiger charge is 2.62. The topological polar surface area (TPSA) is 97.6 Å². The molecule has 1 N–H and O–H groups in total. The molecule has 34 heavy (non-hydrogen) atoms. The van der Waals surface area contributed by atoms with Gasteiger partial charge in [-0.1, -0.05) is 11.6 Å². The number of halogens is 2. The average Bonchev–Trinajstić information content (AvgIpc) is 3.50. The summed E-state index contributed by atoms with van der Waals surface area (Å²) in [5.74, 6) is 2.18. The predicted octanol–water partition coefficient (Wildman–Crippen LogP) is 5.32. The first-order chi connectivity index (χ1) is 16.5. The number of nitrogens with one attached hydrogen (secondary N) is 1. The van der Waals surface area contributed by atoms with Crippen LogP contribution in [0.2, 0.25) is 5.02 Å². The molecule has 1 aromatic heterocycles. The minimum atomic E-state index is -0.604. The van der Waals surface area contributed by atoms with E-state index < -0.39 is 5.41 Å². The van der Waals surface area contributed by atoms with Gasteiger partial charge >= 0.3 is 6.09 Å². The quantitative estimate of drug-likeness (QED) is 0.379.